The molecule has 8 unspecified atom stereocenters. The molecule has 0 spiro atoms. The minimum absolute atomic E-state index is 0.144. The smallest absolute Gasteiger partial charge is 0.111 e. The first-order valence-electron chi connectivity index (χ1n) is 15.2. The molecule has 0 aliphatic heterocycles. The summed E-state index contributed by atoms with van der Waals surface area (Å²) in [6, 6.07) is 0. The van der Waals surface area contributed by atoms with Crippen molar-refractivity contribution in [2.24, 2.45) is 0 Å². The molecule has 0 saturated heterocycles. The first kappa shape index (κ1) is 41.7. The van der Waals surface area contributed by atoms with Crippen molar-refractivity contribution < 1.29 is 51.1 Å². The second-order valence-electron chi connectivity index (χ2n) is 10.5. The molecule has 244 valence electrons. The zero-order valence-corrected chi connectivity index (χ0v) is 24.8. The molecular formula is C28H62N2O10. The van der Waals surface area contributed by atoms with Crippen LogP contribution in [0.25, 0.3) is 0 Å². The summed E-state index contributed by atoms with van der Waals surface area (Å²) in [7, 11) is 0. The molecule has 0 heterocycles. The molecule has 12 N–H and O–H groups in total. The SMILES string of the molecule is CCCCCCCCNCC(O)C(O)C(O)C(O)CO.CCCCCCCCNCC(O)C(O)C(O)C(O)CO. The van der Waals surface area contributed by atoms with E-state index in [0.717, 1.165) is 38.8 Å². The van der Waals surface area contributed by atoms with Crippen LogP contribution in [0.5, 0.6) is 0 Å². The molecule has 0 aromatic heterocycles. The molecule has 40 heavy (non-hydrogen) atoms. The second kappa shape index (κ2) is 28.6. The highest BCUT2D eigenvalue weighted by Gasteiger charge is 2.30. The van der Waals surface area contributed by atoms with Gasteiger partial charge in [0, 0.05) is 13.1 Å². The molecule has 12 nitrogen and oxygen atoms in total. The van der Waals surface area contributed by atoms with Gasteiger partial charge < -0.3 is 61.7 Å². The lowest BCUT2D eigenvalue weighted by Crippen LogP contribution is -2.49. The number of nitrogens with one attached hydrogen (secondary N) is 2. The van der Waals surface area contributed by atoms with Crippen LogP contribution in [0.3, 0.4) is 0 Å². The summed E-state index contributed by atoms with van der Waals surface area (Å²) >= 11 is 0. The van der Waals surface area contributed by atoms with Crippen molar-refractivity contribution in [3.8, 4) is 0 Å². The van der Waals surface area contributed by atoms with Gasteiger partial charge in [0.2, 0.25) is 0 Å². The molecular weight excluding hydrogens is 524 g/mol. The number of aliphatic hydroxyl groups excluding tert-OH is 10. The van der Waals surface area contributed by atoms with E-state index in [4.69, 9.17) is 20.4 Å². The van der Waals surface area contributed by atoms with Crippen LogP contribution in [-0.2, 0) is 0 Å². The van der Waals surface area contributed by atoms with Crippen LogP contribution < -0.4 is 10.6 Å². The van der Waals surface area contributed by atoms with Gasteiger partial charge in [0.05, 0.1) is 25.4 Å². The Hall–Kier alpha value is -0.480. The lowest BCUT2D eigenvalue weighted by atomic mass is 10.0. The van der Waals surface area contributed by atoms with Gasteiger partial charge in [0.25, 0.3) is 0 Å². The topological polar surface area (TPSA) is 226 Å². The fraction of sp³-hybridized carbons (Fsp3) is 1.00. The van der Waals surface area contributed by atoms with Crippen molar-refractivity contribution in [3.05, 3.63) is 0 Å². The Morgan fingerprint density at radius 2 is 0.675 bits per heavy atom. The van der Waals surface area contributed by atoms with Gasteiger partial charge in [0.1, 0.15) is 36.6 Å². The summed E-state index contributed by atoms with van der Waals surface area (Å²) in [4.78, 5) is 0. The normalized spacial score (nSPS) is 17.7. The van der Waals surface area contributed by atoms with E-state index in [1.54, 1.807) is 0 Å². The van der Waals surface area contributed by atoms with Gasteiger partial charge >= 0.3 is 0 Å². The average Bonchev–Trinajstić information content (AvgIpc) is 2.97. The van der Waals surface area contributed by atoms with Crippen LogP contribution in [0.4, 0.5) is 0 Å². The molecule has 0 aliphatic rings. The van der Waals surface area contributed by atoms with E-state index in [9.17, 15) is 30.6 Å². The van der Waals surface area contributed by atoms with Crippen LogP contribution in [0.15, 0.2) is 0 Å². The molecule has 0 fully saturated rings. The lowest BCUT2D eigenvalue weighted by molar-refractivity contribution is -0.113. The highest BCUT2D eigenvalue weighted by molar-refractivity contribution is 4.82. The predicted octanol–water partition coefficient (Wildman–Crippen LogP) is -1.26. The van der Waals surface area contributed by atoms with Crippen molar-refractivity contribution in [2.45, 2.75) is 140 Å². The van der Waals surface area contributed by atoms with E-state index in [-0.39, 0.29) is 13.1 Å². The number of aliphatic hydroxyl groups is 10. The van der Waals surface area contributed by atoms with Crippen LogP contribution in [0.2, 0.25) is 0 Å². The summed E-state index contributed by atoms with van der Waals surface area (Å²) in [6.45, 7) is 4.82. The molecule has 0 saturated carbocycles. The molecule has 0 rings (SSSR count). The van der Waals surface area contributed by atoms with Crippen LogP contribution >= 0.6 is 0 Å². The third kappa shape index (κ3) is 22.2. The second-order valence-corrected chi connectivity index (χ2v) is 10.5. The Bertz CT molecular complexity index is 479. The maximum absolute atomic E-state index is 9.64. The fourth-order valence-electron chi connectivity index (χ4n) is 3.93. The minimum Gasteiger partial charge on any atom is -0.394 e. The predicted molar refractivity (Wildman–Crippen MR) is 155 cm³/mol. The summed E-state index contributed by atoms with van der Waals surface area (Å²) in [5.74, 6) is 0. The highest BCUT2D eigenvalue weighted by Crippen LogP contribution is 2.07. The molecule has 0 bridgehead atoms. The van der Waals surface area contributed by atoms with Crippen LogP contribution in [0.1, 0.15) is 90.9 Å². The molecule has 0 aromatic rings. The summed E-state index contributed by atoms with van der Waals surface area (Å²) in [5, 5.41) is 98.9. The quantitative estimate of drug-likeness (QED) is 0.0534. The fourth-order valence-corrected chi connectivity index (χ4v) is 3.93. The van der Waals surface area contributed by atoms with Gasteiger partial charge in [0.15, 0.2) is 0 Å². The number of unbranched alkanes of at least 4 members (excludes halogenated alkanes) is 10. The van der Waals surface area contributed by atoms with E-state index in [2.05, 4.69) is 24.5 Å². The minimum atomic E-state index is -1.55. The summed E-state index contributed by atoms with van der Waals surface area (Å²) in [6.07, 6.45) is 2.91. The standard InChI is InChI=1S/2C14H31NO5/c2*1-2-3-4-5-6-7-8-15-9-11(17)13(19)14(20)12(18)10-16/h2*11-20H,2-10H2,1H3. The molecule has 0 aliphatic carbocycles. The van der Waals surface area contributed by atoms with Crippen LogP contribution in [-0.4, -0.2) is 139 Å². The third-order valence-corrected chi connectivity index (χ3v) is 6.77. The maximum Gasteiger partial charge on any atom is 0.111 e. The van der Waals surface area contributed by atoms with E-state index < -0.39 is 62.0 Å². The van der Waals surface area contributed by atoms with E-state index in [1.165, 1.54) is 51.4 Å². The zero-order chi connectivity index (χ0) is 30.8. The Kier molecular flexibility index (Phi) is 29.8. The zero-order valence-electron chi connectivity index (χ0n) is 24.8. The van der Waals surface area contributed by atoms with Gasteiger partial charge in [-0.3, -0.25) is 0 Å². The summed E-state index contributed by atoms with van der Waals surface area (Å²) in [5.41, 5.74) is 0. The lowest BCUT2D eigenvalue weighted by Gasteiger charge is -2.25. The van der Waals surface area contributed by atoms with Crippen LogP contribution in [0, 0.1) is 0 Å². The third-order valence-electron chi connectivity index (χ3n) is 6.77. The number of rotatable bonds is 26. The van der Waals surface area contributed by atoms with Crippen molar-refractivity contribution in [1.82, 2.24) is 10.6 Å². The largest absolute Gasteiger partial charge is 0.394 e. The Morgan fingerprint density at radius 3 is 0.975 bits per heavy atom. The number of hydrogen-bond acceptors (Lipinski definition) is 12. The Morgan fingerprint density at radius 1 is 0.400 bits per heavy atom. The van der Waals surface area contributed by atoms with Crippen molar-refractivity contribution in [3.63, 3.8) is 0 Å². The van der Waals surface area contributed by atoms with E-state index in [0.29, 0.717) is 0 Å². The van der Waals surface area contributed by atoms with Gasteiger partial charge in [-0.2, -0.15) is 0 Å². The molecule has 8 atom stereocenters. The Balaban J connectivity index is 0. The van der Waals surface area contributed by atoms with E-state index in [1.807, 2.05) is 0 Å². The Labute approximate surface area is 241 Å². The average molecular weight is 587 g/mol. The molecule has 12 heteroatoms. The monoisotopic (exact) mass is 586 g/mol. The number of hydrogen-bond donors (Lipinski definition) is 12. The van der Waals surface area contributed by atoms with Gasteiger partial charge in [-0.15, -0.1) is 0 Å². The van der Waals surface area contributed by atoms with Crippen molar-refractivity contribution in [2.75, 3.05) is 39.4 Å². The highest BCUT2D eigenvalue weighted by atomic mass is 16.4. The van der Waals surface area contributed by atoms with E-state index >= 15 is 0 Å². The summed E-state index contributed by atoms with van der Waals surface area (Å²) < 4.78 is 0. The molecule has 0 aromatic carbocycles. The first-order valence-corrected chi connectivity index (χ1v) is 15.2. The molecule has 0 radical (unpaired) electrons. The van der Waals surface area contributed by atoms with Gasteiger partial charge in [-0.05, 0) is 25.9 Å². The van der Waals surface area contributed by atoms with Crippen molar-refractivity contribution >= 4 is 0 Å². The van der Waals surface area contributed by atoms with Gasteiger partial charge in [-0.25, -0.2) is 0 Å². The van der Waals surface area contributed by atoms with Gasteiger partial charge in [-0.1, -0.05) is 78.1 Å². The van der Waals surface area contributed by atoms with Crippen molar-refractivity contribution in [1.29, 1.82) is 0 Å². The maximum atomic E-state index is 9.64. The first-order chi connectivity index (χ1) is 19.1. The molecule has 0 amide bonds.